The molecular weight excluding hydrogens is 204 g/mol. The van der Waals surface area contributed by atoms with Crippen LogP contribution in [0.1, 0.15) is 25.7 Å². The summed E-state index contributed by atoms with van der Waals surface area (Å²) in [6.07, 6.45) is -0.963. The summed E-state index contributed by atoms with van der Waals surface area (Å²) >= 11 is 0. The lowest BCUT2D eigenvalue weighted by molar-refractivity contribution is -0.137. The van der Waals surface area contributed by atoms with Gasteiger partial charge in [0.15, 0.2) is 0 Å². The van der Waals surface area contributed by atoms with Crippen molar-refractivity contribution in [3.8, 4) is 0 Å². The van der Waals surface area contributed by atoms with Gasteiger partial charge >= 0.3 is 5.97 Å². The van der Waals surface area contributed by atoms with Gasteiger partial charge in [-0.1, -0.05) is 0 Å². The molecular formula is C10H17F2NO2. The summed E-state index contributed by atoms with van der Waals surface area (Å²) in [5, 5.41) is 8.40. The number of aliphatic carboxylic acids is 1. The minimum absolute atomic E-state index is 0.147. The van der Waals surface area contributed by atoms with Gasteiger partial charge in [-0.25, -0.2) is 8.78 Å². The van der Waals surface area contributed by atoms with Crippen LogP contribution in [-0.2, 0) is 4.79 Å². The molecule has 1 rings (SSSR count). The fraction of sp³-hybridized carbons (Fsp3) is 0.900. The molecule has 15 heavy (non-hydrogen) atoms. The standard InChI is InChI=1S/C10H17F2NO2/c11-8-4-6-13(7-9(8)12)5-2-1-3-10(14)15/h8-9H,1-7H2,(H,14,15)/t8-,9+/m1/s1. The maximum absolute atomic E-state index is 13.0. The first kappa shape index (κ1) is 12.4. The number of carbonyl (C=O) groups is 1. The number of hydrogen-bond acceptors (Lipinski definition) is 2. The van der Waals surface area contributed by atoms with Crippen molar-refractivity contribution < 1.29 is 18.7 Å². The van der Waals surface area contributed by atoms with E-state index in [1.54, 1.807) is 0 Å². The molecule has 2 atom stereocenters. The maximum atomic E-state index is 13.0. The van der Waals surface area contributed by atoms with E-state index in [1.807, 2.05) is 4.90 Å². The number of nitrogens with zero attached hydrogens (tertiary/aromatic N) is 1. The number of carboxylic acid groups (broad SMARTS) is 1. The summed E-state index contributed by atoms with van der Waals surface area (Å²) in [6.45, 7) is 1.39. The van der Waals surface area contributed by atoms with Crippen LogP contribution in [0.4, 0.5) is 8.78 Å². The molecule has 88 valence electrons. The zero-order valence-corrected chi connectivity index (χ0v) is 8.66. The van der Waals surface area contributed by atoms with Gasteiger partial charge in [0.25, 0.3) is 0 Å². The van der Waals surface area contributed by atoms with Crippen LogP contribution < -0.4 is 0 Å². The quantitative estimate of drug-likeness (QED) is 0.717. The number of likely N-dealkylation sites (tertiary alicyclic amines) is 1. The number of piperidine rings is 1. The third-order valence-corrected chi connectivity index (χ3v) is 2.66. The van der Waals surface area contributed by atoms with Crippen LogP contribution in [0.5, 0.6) is 0 Å². The van der Waals surface area contributed by atoms with Crippen molar-refractivity contribution in [2.75, 3.05) is 19.6 Å². The number of carboxylic acids is 1. The van der Waals surface area contributed by atoms with Gasteiger partial charge in [0.05, 0.1) is 0 Å². The smallest absolute Gasteiger partial charge is 0.303 e. The fourth-order valence-corrected chi connectivity index (χ4v) is 1.75. The van der Waals surface area contributed by atoms with E-state index in [0.717, 1.165) is 6.42 Å². The minimum Gasteiger partial charge on any atom is -0.481 e. The Bertz CT molecular complexity index is 214. The van der Waals surface area contributed by atoms with Crippen molar-refractivity contribution >= 4 is 5.97 Å². The molecule has 0 unspecified atom stereocenters. The first-order chi connectivity index (χ1) is 7.09. The van der Waals surface area contributed by atoms with Gasteiger partial charge in [0, 0.05) is 19.5 Å². The van der Waals surface area contributed by atoms with Crippen molar-refractivity contribution in [3.63, 3.8) is 0 Å². The van der Waals surface area contributed by atoms with Crippen LogP contribution in [0.2, 0.25) is 0 Å². The van der Waals surface area contributed by atoms with Crippen molar-refractivity contribution in [1.29, 1.82) is 0 Å². The molecule has 1 saturated heterocycles. The Hall–Kier alpha value is -0.710. The highest BCUT2D eigenvalue weighted by Crippen LogP contribution is 2.17. The molecule has 5 heteroatoms. The molecule has 1 fully saturated rings. The van der Waals surface area contributed by atoms with Crippen molar-refractivity contribution in [2.45, 2.75) is 38.0 Å². The molecule has 0 aromatic rings. The molecule has 1 aliphatic rings. The lowest BCUT2D eigenvalue weighted by Crippen LogP contribution is -2.43. The summed E-state index contributed by atoms with van der Waals surface area (Å²) in [4.78, 5) is 12.1. The van der Waals surface area contributed by atoms with Gasteiger partial charge in [0.2, 0.25) is 0 Å². The third-order valence-electron chi connectivity index (χ3n) is 2.66. The first-order valence-electron chi connectivity index (χ1n) is 5.32. The van der Waals surface area contributed by atoms with E-state index in [-0.39, 0.29) is 19.4 Å². The van der Waals surface area contributed by atoms with Crippen molar-refractivity contribution in [1.82, 2.24) is 4.90 Å². The Kier molecular flexibility index (Phi) is 4.94. The second kappa shape index (κ2) is 6.00. The van der Waals surface area contributed by atoms with Crippen molar-refractivity contribution in [2.24, 2.45) is 0 Å². The van der Waals surface area contributed by atoms with Gasteiger partial charge in [-0.05, 0) is 25.8 Å². The van der Waals surface area contributed by atoms with Gasteiger partial charge in [0.1, 0.15) is 12.3 Å². The second-order valence-electron chi connectivity index (χ2n) is 3.97. The minimum atomic E-state index is -1.38. The molecule has 0 spiro atoms. The Morgan fingerprint density at radius 3 is 2.67 bits per heavy atom. The Balaban J connectivity index is 2.09. The van der Waals surface area contributed by atoms with E-state index < -0.39 is 18.3 Å². The fourth-order valence-electron chi connectivity index (χ4n) is 1.75. The summed E-state index contributed by atoms with van der Waals surface area (Å²) in [7, 11) is 0. The predicted molar refractivity (Wildman–Crippen MR) is 52.3 cm³/mol. The molecule has 1 aliphatic heterocycles. The molecule has 0 aromatic carbocycles. The summed E-state index contributed by atoms with van der Waals surface area (Å²) < 4.78 is 25.7. The predicted octanol–water partition coefficient (Wildman–Crippen LogP) is 1.62. The van der Waals surface area contributed by atoms with E-state index in [0.29, 0.717) is 19.5 Å². The summed E-state index contributed by atoms with van der Waals surface area (Å²) in [5.74, 6) is -0.805. The van der Waals surface area contributed by atoms with E-state index in [2.05, 4.69) is 0 Å². The SMILES string of the molecule is O=C(O)CCCCN1CC[C@@H](F)[C@@H](F)C1. The van der Waals surface area contributed by atoms with Crippen LogP contribution >= 0.6 is 0 Å². The third kappa shape index (κ3) is 4.55. The highest BCUT2D eigenvalue weighted by Gasteiger charge is 2.28. The molecule has 0 aliphatic carbocycles. The van der Waals surface area contributed by atoms with Crippen LogP contribution in [0.25, 0.3) is 0 Å². The van der Waals surface area contributed by atoms with Gasteiger partial charge in [-0.3, -0.25) is 4.79 Å². The van der Waals surface area contributed by atoms with Gasteiger partial charge in [-0.15, -0.1) is 0 Å². The van der Waals surface area contributed by atoms with Crippen molar-refractivity contribution in [3.05, 3.63) is 0 Å². The van der Waals surface area contributed by atoms with Gasteiger partial charge in [-0.2, -0.15) is 0 Å². The van der Waals surface area contributed by atoms with Crippen LogP contribution in [0.3, 0.4) is 0 Å². The maximum Gasteiger partial charge on any atom is 0.303 e. The van der Waals surface area contributed by atoms with Crippen LogP contribution in [0.15, 0.2) is 0 Å². The largest absolute Gasteiger partial charge is 0.481 e. The average Bonchev–Trinajstić information content (AvgIpc) is 2.18. The number of hydrogen-bond donors (Lipinski definition) is 1. The Morgan fingerprint density at radius 2 is 2.07 bits per heavy atom. The molecule has 0 saturated carbocycles. The summed E-state index contributed by atoms with van der Waals surface area (Å²) in [5.41, 5.74) is 0. The lowest BCUT2D eigenvalue weighted by Gasteiger charge is -2.30. The topological polar surface area (TPSA) is 40.5 Å². The van der Waals surface area contributed by atoms with E-state index in [4.69, 9.17) is 5.11 Å². The molecule has 1 heterocycles. The zero-order valence-electron chi connectivity index (χ0n) is 8.66. The van der Waals surface area contributed by atoms with Crippen LogP contribution in [-0.4, -0.2) is 48.0 Å². The Labute approximate surface area is 88.1 Å². The number of halogens is 2. The highest BCUT2D eigenvalue weighted by molar-refractivity contribution is 5.66. The Morgan fingerprint density at radius 1 is 1.33 bits per heavy atom. The first-order valence-corrected chi connectivity index (χ1v) is 5.32. The molecule has 0 bridgehead atoms. The van der Waals surface area contributed by atoms with E-state index in [9.17, 15) is 13.6 Å². The second-order valence-corrected chi connectivity index (χ2v) is 3.97. The highest BCUT2D eigenvalue weighted by atomic mass is 19.2. The zero-order chi connectivity index (χ0) is 11.3. The normalized spacial score (nSPS) is 27.9. The number of unbranched alkanes of at least 4 members (excludes halogenated alkanes) is 1. The molecule has 3 nitrogen and oxygen atoms in total. The monoisotopic (exact) mass is 221 g/mol. The lowest BCUT2D eigenvalue weighted by atomic mass is 10.1. The average molecular weight is 221 g/mol. The molecule has 1 N–H and O–H groups in total. The van der Waals surface area contributed by atoms with E-state index in [1.165, 1.54) is 0 Å². The van der Waals surface area contributed by atoms with Crippen LogP contribution in [0, 0.1) is 0 Å². The number of alkyl halides is 2. The number of rotatable bonds is 5. The van der Waals surface area contributed by atoms with E-state index >= 15 is 0 Å². The summed E-state index contributed by atoms with van der Waals surface area (Å²) in [6, 6.07) is 0. The molecule has 0 amide bonds. The molecule has 0 radical (unpaired) electrons. The van der Waals surface area contributed by atoms with Gasteiger partial charge < -0.3 is 10.0 Å². The molecule has 0 aromatic heterocycles.